The van der Waals surface area contributed by atoms with Gasteiger partial charge < -0.3 is 10.6 Å². The summed E-state index contributed by atoms with van der Waals surface area (Å²) in [6.07, 6.45) is 3.46. The summed E-state index contributed by atoms with van der Waals surface area (Å²) in [5.74, 6) is 0.639. The van der Waals surface area contributed by atoms with Crippen LogP contribution in [0, 0.1) is 0 Å². The van der Waals surface area contributed by atoms with Crippen molar-refractivity contribution in [2.75, 3.05) is 18.4 Å². The maximum Gasteiger partial charge on any atom is 0.243 e. The van der Waals surface area contributed by atoms with E-state index in [2.05, 4.69) is 25.8 Å². The first kappa shape index (κ1) is 11.3. The van der Waals surface area contributed by atoms with Gasteiger partial charge in [-0.15, -0.1) is 10.2 Å². The Balaban J connectivity index is 1.77. The summed E-state index contributed by atoms with van der Waals surface area (Å²) in [5.41, 5.74) is 1.73. The maximum absolute atomic E-state index is 4.49. The molecule has 0 amide bonds. The number of rotatable bonds is 2. The zero-order valence-corrected chi connectivity index (χ0v) is 10.3. The quantitative estimate of drug-likeness (QED) is 0.838. The average Bonchev–Trinajstić information content (AvgIpc) is 2.67. The minimum Gasteiger partial charge on any atom is -0.350 e. The molecule has 2 heterocycles. The van der Waals surface area contributed by atoms with Crippen LogP contribution >= 0.6 is 0 Å². The number of fused-ring (bicyclic) bond motifs is 1. The molecule has 1 aromatic carbocycles. The van der Waals surface area contributed by atoms with Crippen molar-refractivity contribution in [3.8, 4) is 0 Å². The van der Waals surface area contributed by atoms with Gasteiger partial charge in [0.2, 0.25) is 5.95 Å². The molecule has 5 heteroatoms. The van der Waals surface area contributed by atoms with Crippen molar-refractivity contribution in [2.45, 2.75) is 25.3 Å². The lowest BCUT2D eigenvalue weighted by atomic mass is 10.1. The first-order valence-electron chi connectivity index (χ1n) is 6.48. The van der Waals surface area contributed by atoms with Crippen molar-refractivity contribution < 1.29 is 0 Å². The number of aromatic nitrogens is 3. The Morgan fingerprint density at radius 3 is 2.89 bits per heavy atom. The Hall–Kier alpha value is -1.75. The number of anilines is 1. The smallest absolute Gasteiger partial charge is 0.243 e. The highest BCUT2D eigenvalue weighted by Crippen LogP contribution is 2.13. The van der Waals surface area contributed by atoms with E-state index in [9.17, 15) is 0 Å². The standard InChI is InChI=1S/C13H17N5/c1-2-6-12-11(5-1)16-13(18-17-12)15-10-4-3-8-14-9-7-10/h1-2,5-6,10,14H,3-4,7-9H2,(H,15,16,18). The molecule has 94 valence electrons. The zero-order chi connectivity index (χ0) is 12.2. The fraction of sp³-hybridized carbons (Fsp3) is 0.462. The van der Waals surface area contributed by atoms with Crippen LogP contribution in [0.3, 0.4) is 0 Å². The van der Waals surface area contributed by atoms with Crippen LogP contribution in [0.5, 0.6) is 0 Å². The molecule has 5 nitrogen and oxygen atoms in total. The van der Waals surface area contributed by atoms with Crippen LogP contribution in [0.25, 0.3) is 11.0 Å². The lowest BCUT2D eigenvalue weighted by molar-refractivity contribution is 0.630. The molecule has 0 bridgehead atoms. The monoisotopic (exact) mass is 243 g/mol. The van der Waals surface area contributed by atoms with E-state index in [4.69, 9.17) is 0 Å². The lowest BCUT2D eigenvalue weighted by Crippen LogP contribution is -2.22. The molecular formula is C13H17N5. The normalized spacial score (nSPS) is 20.6. The second-order valence-electron chi connectivity index (χ2n) is 4.65. The molecular weight excluding hydrogens is 226 g/mol. The summed E-state index contributed by atoms with van der Waals surface area (Å²) in [4.78, 5) is 4.49. The van der Waals surface area contributed by atoms with Crippen LogP contribution in [-0.2, 0) is 0 Å². The largest absolute Gasteiger partial charge is 0.350 e. The number of hydrogen-bond donors (Lipinski definition) is 2. The molecule has 0 saturated carbocycles. The molecule has 3 rings (SSSR count). The molecule has 0 radical (unpaired) electrons. The van der Waals surface area contributed by atoms with E-state index >= 15 is 0 Å². The number of para-hydroxylation sites is 1. The van der Waals surface area contributed by atoms with E-state index in [1.54, 1.807) is 0 Å². The fourth-order valence-electron chi connectivity index (χ4n) is 2.29. The molecule has 18 heavy (non-hydrogen) atoms. The minimum atomic E-state index is 0.447. The van der Waals surface area contributed by atoms with Gasteiger partial charge in [0.25, 0.3) is 0 Å². The fourth-order valence-corrected chi connectivity index (χ4v) is 2.29. The van der Waals surface area contributed by atoms with Crippen molar-refractivity contribution in [3.63, 3.8) is 0 Å². The van der Waals surface area contributed by atoms with E-state index in [1.807, 2.05) is 24.3 Å². The third kappa shape index (κ3) is 2.56. The Bertz CT molecular complexity index is 520. The molecule has 0 spiro atoms. The van der Waals surface area contributed by atoms with Crippen LogP contribution < -0.4 is 10.6 Å². The Kier molecular flexibility index (Phi) is 3.32. The van der Waals surface area contributed by atoms with Gasteiger partial charge in [-0.1, -0.05) is 12.1 Å². The highest BCUT2D eigenvalue weighted by molar-refractivity contribution is 5.74. The van der Waals surface area contributed by atoms with Gasteiger partial charge in [-0.3, -0.25) is 0 Å². The molecule has 2 N–H and O–H groups in total. The molecule has 2 aromatic rings. The first-order valence-corrected chi connectivity index (χ1v) is 6.48. The van der Waals surface area contributed by atoms with E-state index < -0.39 is 0 Å². The summed E-state index contributed by atoms with van der Waals surface area (Å²) in [6, 6.07) is 8.25. The van der Waals surface area contributed by atoms with Crippen molar-refractivity contribution in [2.24, 2.45) is 0 Å². The van der Waals surface area contributed by atoms with Gasteiger partial charge in [-0.25, -0.2) is 4.98 Å². The molecule has 1 aliphatic heterocycles. The van der Waals surface area contributed by atoms with Gasteiger partial charge >= 0.3 is 0 Å². The van der Waals surface area contributed by atoms with E-state index in [-0.39, 0.29) is 0 Å². The zero-order valence-electron chi connectivity index (χ0n) is 10.3. The van der Waals surface area contributed by atoms with Crippen LogP contribution in [-0.4, -0.2) is 34.3 Å². The SMILES string of the molecule is c1ccc2nc(NC3CCCNCC3)nnc2c1. The van der Waals surface area contributed by atoms with Crippen molar-refractivity contribution >= 4 is 17.0 Å². The van der Waals surface area contributed by atoms with Gasteiger partial charge in [0.1, 0.15) is 5.52 Å². The van der Waals surface area contributed by atoms with Crippen LogP contribution in [0.4, 0.5) is 5.95 Å². The molecule has 1 unspecified atom stereocenters. The van der Waals surface area contributed by atoms with Gasteiger partial charge in [0.05, 0.1) is 5.52 Å². The van der Waals surface area contributed by atoms with Gasteiger partial charge in [0.15, 0.2) is 0 Å². The lowest BCUT2D eigenvalue weighted by Gasteiger charge is -2.15. The second-order valence-corrected chi connectivity index (χ2v) is 4.65. The minimum absolute atomic E-state index is 0.447. The number of nitrogens with one attached hydrogen (secondary N) is 2. The Morgan fingerprint density at radius 1 is 1.06 bits per heavy atom. The number of nitrogens with zero attached hydrogens (tertiary/aromatic N) is 3. The molecule has 1 saturated heterocycles. The van der Waals surface area contributed by atoms with Crippen LogP contribution in [0.2, 0.25) is 0 Å². The van der Waals surface area contributed by atoms with E-state index in [1.165, 1.54) is 6.42 Å². The van der Waals surface area contributed by atoms with E-state index in [0.29, 0.717) is 12.0 Å². The van der Waals surface area contributed by atoms with Crippen molar-refractivity contribution in [3.05, 3.63) is 24.3 Å². The summed E-state index contributed by atoms with van der Waals surface area (Å²) >= 11 is 0. The molecule has 1 aromatic heterocycles. The predicted octanol–water partition coefficient (Wildman–Crippen LogP) is 1.58. The topological polar surface area (TPSA) is 62.7 Å². The molecule has 1 atom stereocenters. The third-order valence-corrected chi connectivity index (χ3v) is 3.27. The first-order chi connectivity index (χ1) is 8.92. The third-order valence-electron chi connectivity index (χ3n) is 3.27. The highest BCUT2D eigenvalue weighted by Gasteiger charge is 2.13. The Labute approximate surface area is 106 Å². The highest BCUT2D eigenvalue weighted by atomic mass is 15.2. The molecule has 0 aliphatic carbocycles. The Morgan fingerprint density at radius 2 is 1.94 bits per heavy atom. The second kappa shape index (κ2) is 5.27. The summed E-state index contributed by atoms with van der Waals surface area (Å²) < 4.78 is 0. The predicted molar refractivity (Wildman–Crippen MR) is 71.5 cm³/mol. The molecule has 1 fully saturated rings. The number of hydrogen-bond acceptors (Lipinski definition) is 5. The summed E-state index contributed by atoms with van der Waals surface area (Å²) in [5, 5.41) is 15.1. The molecule has 1 aliphatic rings. The number of benzene rings is 1. The summed E-state index contributed by atoms with van der Waals surface area (Å²) in [7, 11) is 0. The van der Waals surface area contributed by atoms with Gasteiger partial charge in [0, 0.05) is 6.04 Å². The van der Waals surface area contributed by atoms with E-state index in [0.717, 1.165) is 37.0 Å². The van der Waals surface area contributed by atoms with Gasteiger partial charge in [-0.2, -0.15) is 0 Å². The summed E-state index contributed by atoms with van der Waals surface area (Å²) in [6.45, 7) is 2.16. The van der Waals surface area contributed by atoms with Crippen LogP contribution in [0.1, 0.15) is 19.3 Å². The maximum atomic E-state index is 4.49. The average molecular weight is 243 g/mol. The van der Waals surface area contributed by atoms with Crippen molar-refractivity contribution in [1.82, 2.24) is 20.5 Å². The van der Waals surface area contributed by atoms with Crippen LogP contribution in [0.15, 0.2) is 24.3 Å². The van der Waals surface area contributed by atoms with Gasteiger partial charge in [-0.05, 0) is 44.5 Å². The van der Waals surface area contributed by atoms with Crippen molar-refractivity contribution in [1.29, 1.82) is 0 Å².